The summed E-state index contributed by atoms with van der Waals surface area (Å²) in [6.45, 7) is 1.22. The molecule has 6 heteroatoms. The third kappa shape index (κ3) is 5.50. The molecule has 0 bridgehead atoms. The second-order valence-corrected chi connectivity index (χ2v) is 7.19. The normalized spacial score (nSPS) is 14.3. The van der Waals surface area contributed by atoms with E-state index in [2.05, 4.69) is 5.32 Å². The van der Waals surface area contributed by atoms with Crippen molar-refractivity contribution in [3.63, 3.8) is 0 Å². The van der Waals surface area contributed by atoms with Crippen molar-refractivity contribution in [1.82, 2.24) is 4.90 Å². The van der Waals surface area contributed by atoms with Gasteiger partial charge >= 0.3 is 0 Å². The molecule has 1 heterocycles. The Balaban J connectivity index is 1.48. The first-order valence-electron chi connectivity index (χ1n) is 9.95. The van der Waals surface area contributed by atoms with E-state index < -0.39 is 0 Å². The molecule has 6 nitrogen and oxygen atoms in total. The Labute approximate surface area is 171 Å². The summed E-state index contributed by atoms with van der Waals surface area (Å²) >= 11 is 0. The third-order valence-corrected chi connectivity index (χ3v) is 5.36. The van der Waals surface area contributed by atoms with Crippen molar-refractivity contribution in [2.75, 3.05) is 32.6 Å². The third-order valence-electron chi connectivity index (χ3n) is 5.36. The number of para-hydroxylation sites is 1. The topological polar surface area (TPSA) is 67.9 Å². The molecule has 1 saturated heterocycles. The largest absolute Gasteiger partial charge is 0.497 e. The van der Waals surface area contributed by atoms with Crippen LogP contribution in [0.15, 0.2) is 48.5 Å². The fourth-order valence-corrected chi connectivity index (χ4v) is 3.63. The van der Waals surface area contributed by atoms with Crippen LogP contribution in [0.25, 0.3) is 0 Å². The van der Waals surface area contributed by atoms with Crippen LogP contribution in [0.1, 0.15) is 24.8 Å². The van der Waals surface area contributed by atoms with Crippen molar-refractivity contribution >= 4 is 17.5 Å². The van der Waals surface area contributed by atoms with E-state index >= 15 is 0 Å². The van der Waals surface area contributed by atoms with Gasteiger partial charge in [-0.05, 0) is 55.2 Å². The maximum absolute atomic E-state index is 12.6. The van der Waals surface area contributed by atoms with E-state index in [-0.39, 0.29) is 17.7 Å². The number of nitrogens with zero attached hydrogens (tertiary/aromatic N) is 1. The predicted molar refractivity (Wildman–Crippen MR) is 112 cm³/mol. The number of piperidine rings is 1. The molecule has 0 atom stereocenters. The fourth-order valence-electron chi connectivity index (χ4n) is 3.63. The second-order valence-electron chi connectivity index (χ2n) is 7.19. The van der Waals surface area contributed by atoms with Gasteiger partial charge in [0, 0.05) is 31.1 Å². The number of benzene rings is 2. The van der Waals surface area contributed by atoms with E-state index in [9.17, 15) is 9.59 Å². The summed E-state index contributed by atoms with van der Waals surface area (Å²) in [7, 11) is 3.24. The summed E-state index contributed by atoms with van der Waals surface area (Å²) in [5.74, 6) is 1.59. The number of carbonyl (C=O) groups excluding carboxylic acids is 2. The summed E-state index contributed by atoms with van der Waals surface area (Å²) < 4.78 is 10.7. The molecule has 2 amide bonds. The number of anilines is 1. The molecule has 3 rings (SSSR count). The number of rotatable bonds is 7. The van der Waals surface area contributed by atoms with Crippen LogP contribution in [-0.4, -0.2) is 44.0 Å². The van der Waals surface area contributed by atoms with Crippen LogP contribution in [0.4, 0.5) is 5.69 Å². The van der Waals surface area contributed by atoms with Gasteiger partial charge in [-0.2, -0.15) is 0 Å². The number of carbonyl (C=O) groups is 2. The first-order chi connectivity index (χ1) is 14.1. The maximum atomic E-state index is 12.6. The lowest BCUT2D eigenvalue weighted by molar-refractivity contribution is -0.134. The number of ether oxygens (including phenoxy) is 2. The minimum absolute atomic E-state index is 0.0319. The van der Waals surface area contributed by atoms with Gasteiger partial charge in [-0.3, -0.25) is 9.59 Å². The van der Waals surface area contributed by atoms with Gasteiger partial charge in [0.2, 0.25) is 11.8 Å². The molecule has 1 aliphatic rings. The average molecular weight is 396 g/mol. The van der Waals surface area contributed by atoms with E-state index in [1.807, 2.05) is 53.4 Å². The van der Waals surface area contributed by atoms with Gasteiger partial charge in [0.05, 0.1) is 14.2 Å². The lowest BCUT2D eigenvalue weighted by atomic mass is 9.95. The standard InChI is InChI=1S/C23H28N2O4/c1-28-20-9-10-21(29-2)18(16-20)8-11-22(26)25-14-12-17(13-15-25)23(27)24-19-6-4-3-5-7-19/h3-7,9-10,16-17H,8,11-15H2,1-2H3,(H,24,27). The van der Waals surface area contributed by atoms with Crippen LogP contribution >= 0.6 is 0 Å². The smallest absolute Gasteiger partial charge is 0.227 e. The van der Waals surface area contributed by atoms with Gasteiger partial charge in [-0.1, -0.05) is 18.2 Å². The molecule has 1 N–H and O–H groups in total. The Hall–Kier alpha value is -3.02. The number of hydrogen-bond donors (Lipinski definition) is 1. The summed E-state index contributed by atoms with van der Waals surface area (Å²) in [6, 6.07) is 15.1. The highest BCUT2D eigenvalue weighted by atomic mass is 16.5. The molecule has 2 aromatic carbocycles. The van der Waals surface area contributed by atoms with Crippen LogP contribution < -0.4 is 14.8 Å². The molecule has 0 aromatic heterocycles. The molecule has 1 aliphatic heterocycles. The molecule has 2 aromatic rings. The Morgan fingerprint density at radius 2 is 1.76 bits per heavy atom. The average Bonchev–Trinajstić information content (AvgIpc) is 2.78. The number of nitrogens with one attached hydrogen (secondary N) is 1. The number of likely N-dealkylation sites (tertiary alicyclic amines) is 1. The SMILES string of the molecule is COc1ccc(OC)c(CCC(=O)N2CCC(C(=O)Nc3ccccc3)CC2)c1. The van der Waals surface area contributed by atoms with Gasteiger partial charge < -0.3 is 19.7 Å². The van der Waals surface area contributed by atoms with Crippen molar-refractivity contribution in [2.45, 2.75) is 25.7 Å². The lowest BCUT2D eigenvalue weighted by Crippen LogP contribution is -2.41. The molecule has 0 spiro atoms. The van der Waals surface area contributed by atoms with Crippen molar-refractivity contribution in [3.05, 3.63) is 54.1 Å². The molecule has 0 unspecified atom stereocenters. The molecule has 1 fully saturated rings. The molecular weight excluding hydrogens is 368 g/mol. The van der Waals surface area contributed by atoms with Gasteiger partial charge in [0.25, 0.3) is 0 Å². The van der Waals surface area contributed by atoms with E-state index in [4.69, 9.17) is 9.47 Å². The number of methoxy groups -OCH3 is 2. The number of aryl methyl sites for hydroxylation is 1. The number of hydrogen-bond acceptors (Lipinski definition) is 4. The molecule has 0 aliphatic carbocycles. The zero-order chi connectivity index (χ0) is 20.6. The Bertz CT molecular complexity index is 830. The number of amides is 2. The summed E-state index contributed by atoms with van der Waals surface area (Å²) in [4.78, 5) is 27.0. The van der Waals surface area contributed by atoms with Crippen LogP contribution in [0, 0.1) is 5.92 Å². The quantitative estimate of drug-likeness (QED) is 0.778. The Morgan fingerprint density at radius 3 is 2.41 bits per heavy atom. The highest BCUT2D eigenvalue weighted by Gasteiger charge is 2.27. The summed E-state index contributed by atoms with van der Waals surface area (Å²) in [5, 5.41) is 2.96. The van der Waals surface area contributed by atoms with E-state index in [0.29, 0.717) is 38.8 Å². The Morgan fingerprint density at radius 1 is 1.03 bits per heavy atom. The molecule has 0 saturated carbocycles. The minimum atomic E-state index is -0.0577. The maximum Gasteiger partial charge on any atom is 0.227 e. The van der Waals surface area contributed by atoms with Crippen LogP contribution in [0.3, 0.4) is 0 Å². The van der Waals surface area contributed by atoms with E-state index in [1.165, 1.54) is 0 Å². The first kappa shape index (κ1) is 20.7. The highest BCUT2D eigenvalue weighted by Crippen LogP contribution is 2.26. The monoisotopic (exact) mass is 396 g/mol. The van der Waals surface area contributed by atoms with E-state index in [1.54, 1.807) is 14.2 Å². The zero-order valence-electron chi connectivity index (χ0n) is 17.0. The molecule has 0 radical (unpaired) electrons. The van der Waals surface area contributed by atoms with Crippen LogP contribution in [0.5, 0.6) is 11.5 Å². The highest BCUT2D eigenvalue weighted by molar-refractivity contribution is 5.92. The van der Waals surface area contributed by atoms with Crippen molar-refractivity contribution in [2.24, 2.45) is 5.92 Å². The van der Waals surface area contributed by atoms with Crippen LogP contribution in [0.2, 0.25) is 0 Å². The molecular formula is C23H28N2O4. The zero-order valence-corrected chi connectivity index (χ0v) is 17.0. The van der Waals surface area contributed by atoms with Crippen molar-refractivity contribution in [1.29, 1.82) is 0 Å². The predicted octanol–water partition coefficient (Wildman–Crippen LogP) is 3.51. The van der Waals surface area contributed by atoms with Gasteiger partial charge in [-0.25, -0.2) is 0 Å². The van der Waals surface area contributed by atoms with Gasteiger partial charge in [-0.15, -0.1) is 0 Å². The fraction of sp³-hybridized carbons (Fsp3) is 0.391. The second kappa shape index (κ2) is 9.96. The van der Waals surface area contributed by atoms with Crippen molar-refractivity contribution in [3.8, 4) is 11.5 Å². The van der Waals surface area contributed by atoms with E-state index in [0.717, 1.165) is 22.7 Å². The summed E-state index contributed by atoms with van der Waals surface area (Å²) in [6.07, 6.45) is 2.37. The lowest BCUT2D eigenvalue weighted by Gasteiger charge is -2.31. The minimum Gasteiger partial charge on any atom is -0.497 e. The van der Waals surface area contributed by atoms with Crippen molar-refractivity contribution < 1.29 is 19.1 Å². The molecule has 154 valence electrons. The van der Waals surface area contributed by atoms with Crippen LogP contribution in [-0.2, 0) is 16.0 Å². The summed E-state index contributed by atoms with van der Waals surface area (Å²) in [5.41, 5.74) is 1.76. The van der Waals surface area contributed by atoms with Gasteiger partial charge in [0.1, 0.15) is 11.5 Å². The Kier molecular flexibility index (Phi) is 7.11. The van der Waals surface area contributed by atoms with Gasteiger partial charge in [0.15, 0.2) is 0 Å². The first-order valence-corrected chi connectivity index (χ1v) is 9.95. The molecule has 29 heavy (non-hydrogen) atoms.